The predicted octanol–water partition coefficient (Wildman–Crippen LogP) is 3.28. The molecule has 1 aliphatic heterocycles. The lowest BCUT2D eigenvalue weighted by molar-refractivity contribution is 0.246. The molecular weight excluding hydrogens is 248 g/mol. The van der Waals surface area contributed by atoms with E-state index in [9.17, 15) is 0 Å². The Hall–Kier alpha value is -2.47. The van der Waals surface area contributed by atoms with Crippen molar-refractivity contribution in [2.24, 2.45) is 0 Å². The van der Waals surface area contributed by atoms with E-state index in [-0.39, 0.29) is 6.10 Å². The number of nitrogens with zero attached hydrogens (tertiary/aromatic N) is 1. The summed E-state index contributed by atoms with van der Waals surface area (Å²) in [4.78, 5) is 0. The molecule has 0 saturated heterocycles. The molecule has 1 atom stereocenters. The van der Waals surface area contributed by atoms with Gasteiger partial charge in [0, 0.05) is 6.42 Å². The Balaban J connectivity index is 1.66. The van der Waals surface area contributed by atoms with Gasteiger partial charge in [-0.2, -0.15) is 5.26 Å². The minimum Gasteiger partial charge on any atom is -0.488 e. The number of aryl methyl sites for hydroxylation is 1. The van der Waals surface area contributed by atoms with Gasteiger partial charge in [0.25, 0.3) is 0 Å². The lowest BCUT2D eigenvalue weighted by atomic mass is 10.1. The fourth-order valence-corrected chi connectivity index (χ4v) is 2.50. The van der Waals surface area contributed by atoms with Gasteiger partial charge >= 0.3 is 0 Å². The molecule has 0 radical (unpaired) electrons. The molecule has 0 aliphatic carbocycles. The summed E-state index contributed by atoms with van der Waals surface area (Å²) in [5.74, 6) is 0.976. The van der Waals surface area contributed by atoms with Crippen LogP contribution in [0.25, 0.3) is 0 Å². The Morgan fingerprint density at radius 2 is 2.15 bits per heavy atom. The zero-order valence-electron chi connectivity index (χ0n) is 11.4. The Kier molecular flexibility index (Phi) is 3.30. The monoisotopic (exact) mass is 264 g/mol. The molecule has 20 heavy (non-hydrogen) atoms. The number of hydrogen-bond acceptors (Lipinski definition) is 3. The second-order valence-electron chi connectivity index (χ2n) is 5.09. The first-order chi connectivity index (χ1) is 9.76. The van der Waals surface area contributed by atoms with Crippen LogP contribution in [-0.2, 0) is 6.42 Å². The zero-order valence-corrected chi connectivity index (χ0v) is 11.4. The van der Waals surface area contributed by atoms with Gasteiger partial charge in [-0.1, -0.05) is 24.3 Å². The molecule has 0 spiro atoms. The molecule has 0 aromatic heterocycles. The van der Waals surface area contributed by atoms with Crippen molar-refractivity contribution in [3.05, 3.63) is 59.2 Å². The molecule has 1 heterocycles. The van der Waals surface area contributed by atoms with Gasteiger partial charge in [-0.25, -0.2) is 0 Å². The average molecular weight is 264 g/mol. The van der Waals surface area contributed by atoms with Gasteiger partial charge in [-0.15, -0.1) is 0 Å². The van der Waals surface area contributed by atoms with Crippen molar-refractivity contribution in [1.82, 2.24) is 0 Å². The number of hydrogen-bond donors (Lipinski definition) is 1. The van der Waals surface area contributed by atoms with E-state index in [1.165, 1.54) is 5.56 Å². The van der Waals surface area contributed by atoms with Crippen LogP contribution in [0.15, 0.2) is 42.5 Å². The molecule has 0 fully saturated rings. The highest BCUT2D eigenvalue weighted by Gasteiger charge is 2.22. The van der Waals surface area contributed by atoms with E-state index in [1.807, 2.05) is 43.3 Å². The summed E-state index contributed by atoms with van der Waals surface area (Å²) in [5.41, 5.74) is 3.90. The van der Waals surface area contributed by atoms with Gasteiger partial charge < -0.3 is 10.1 Å². The minimum absolute atomic E-state index is 0.125. The summed E-state index contributed by atoms with van der Waals surface area (Å²) in [6.07, 6.45) is 1.04. The number of benzene rings is 2. The summed E-state index contributed by atoms with van der Waals surface area (Å²) >= 11 is 0. The topological polar surface area (TPSA) is 45.0 Å². The average Bonchev–Trinajstić information content (AvgIpc) is 2.88. The maximum absolute atomic E-state index is 9.16. The van der Waals surface area contributed by atoms with Crippen molar-refractivity contribution in [3.63, 3.8) is 0 Å². The number of nitriles is 1. The fourth-order valence-electron chi connectivity index (χ4n) is 2.50. The van der Waals surface area contributed by atoms with Crippen molar-refractivity contribution in [2.75, 3.05) is 11.9 Å². The van der Waals surface area contributed by atoms with Crippen LogP contribution in [0, 0.1) is 18.3 Å². The van der Waals surface area contributed by atoms with Crippen LogP contribution in [0.1, 0.15) is 16.7 Å². The van der Waals surface area contributed by atoms with Crippen LogP contribution in [0.3, 0.4) is 0 Å². The summed E-state index contributed by atoms with van der Waals surface area (Å²) < 4.78 is 5.88. The molecule has 0 saturated carbocycles. The third kappa shape index (κ3) is 2.46. The van der Waals surface area contributed by atoms with Gasteiger partial charge in [-0.05, 0) is 36.2 Å². The van der Waals surface area contributed by atoms with E-state index in [1.54, 1.807) is 0 Å². The number of para-hydroxylation sites is 1. The quantitative estimate of drug-likeness (QED) is 0.925. The molecule has 3 rings (SSSR count). The fraction of sp³-hybridized carbons (Fsp3) is 0.235. The number of anilines is 1. The number of fused-ring (bicyclic) bond motifs is 1. The summed E-state index contributed by atoms with van der Waals surface area (Å²) in [5, 5.41) is 12.5. The van der Waals surface area contributed by atoms with E-state index < -0.39 is 0 Å². The number of nitrogens with one attached hydrogen (secondary N) is 1. The molecule has 2 aromatic rings. The second kappa shape index (κ2) is 5.26. The van der Waals surface area contributed by atoms with Crippen molar-refractivity contribution in [1.29, 1.82) is 5.26 Å². The van der Waals surface area contributed by atoms with E-state index >= 15 is 0 Å². The summed E-state index contributed by atoms with van der Waals surface area (Å²) in [6.45, 7) is 2.69. The van der Waals surface area contributed by atoms with Crippen LogP contribution in [0.4, 0.5) is 5.69 Å². The minimum atomic E-state index is 0.125. The van der Waals surface area contributed by atoms with Gasteiger partial charge in [-0.3, -0.25) is 0 Å². The number of rotatable bonds is 3. The van der Waals surface area contributed by atoms with Crippen LogP contribution in [0.5, 0.6) is 5.75 Å². The van der Waals surface area contributed by atoms with Crippen molar-refractivity contribution in [3.8, 4) is 11.8 Å². The molecule has 2 aromatic carbocycles. The summed E-state index contributed by atoms with van der Waals surface area (Å²) in [7, 11) is 0. The van der Waals surface area contributed by atoms with E-state index in [4.69, 9.17) is 10.00 Å². The van der Waals surface area contributed by atoms with E-state index in [0.29, 0.717) is 12.1 Å². The maximum atomic E-state index is 9.16. The van der Waals surface area contributed by atoms with E-state index in [2.05, 4.69) is 17.5 Å². The lowest BCUT2D eigenvalue weighted by Gasteiger charge is -2.14. The largest absolute Gasteiger partial charge is 0.488 e. The molecule has 3 heteroatoms. The van der Waals surface area contributed by atoms with Crippen LogP contribution in [-0.4, -0.2) is 12.6 Å². The molecule has 100 valence electrons. The highest BCUT2D eigenvalue weighted by Crippen LogP contribution is 2.28. The van der Waals surface area contributed by atoms with Crippen molar-refractivity contribution >= 4 is 5.69 Å². The van der Waals surface area contributed by atoms with Crippen molar-refractivity contribution < 1.29 is 4.74 Å². The third-order valence-electron chi connectivity index (χ3n) is 3.53. The van der Waals surface area contributed by atoms with Crippen molar-refractivity contribution in [2.45, 2.75) is 19.4 Å². The second-order valence-corrected chi connectivity index (χ2v) is 5.09. The smallest absolute Gasteiger partial charge is 0.123 e. The Bertz CT molecular complexity index is 648. The highest BCUT2D eigenvalue weighted by molar-refractivity contribution is 5.58. The highest BCUT2D eigenvalue weighted by atomic mass is 16.5. The Labute approximate surface area is 118 Å². The zero-order chi connectivity index (χ0) is 13.9. The first-order valence-corrected chi connectivity index (χ1v) is 6.75. The van der Waals surface area contributed by atoms with Crippen LogP contribution >= 0.6 is 0 Å². The van der Waals surface area contributed by atoms with Crippen LogP contribution < -0.4 is 10.1 Å². The Morgan fingerprint density at radius 1 is 1.30 bits per heavy atom. The number of ether oxygens (including phenoxy) is 1. The molecule has 1 aliphatic rings. The molecule has 0 amide bonds. The van der Waals surface area contributed by atoms with Crippen LogP contribution in [0.2, 0.25) is 0 Å². The van der Waals surface area contributed by atoms with E-state index in [0.717, 1.165) is 23.4 Å². The summed E-state index contributed by atoms with van der Waals surface area (Å²) in [6, 6.07) is 16.2. The molecule has 3 nitrogen and oxygen atoms in total. The first-order valence-electron chi connectivity index (χ1n) is 6.75. The van der Waals surface area contributed by atoms with Gasteiger partial charge in [0.05, 0.1) is 17.8 Å². The van der Waals surface area contributed by atoms with Gasteiger partial charge in [0.15, 0.2) is 0 Å². The third-order valence-corrected chi connectivity index (χ3v) is 3.53. The Morgan fingerprint density at radius 3 is 2.95 bits per heavy atom. The predicted molar refractivity (Wildman–Crippen MR) is 78.9 cm³/mol. The maximum Gasteiger partial charge on any atom is 0.123 e. The standard InChI is InChI=1S/C17H16N2O/c1-12-6-7-16(14(8-12)10-18)19-11-15-9-13-4-2-3-5-17(13)20-15/h2-8,15,19H,9,11H2,1H3. The normalized spacial score (nSPS) is 16.1. The molecule has 0 bridgehead atoms. The first kappa shape index (κ1) is 12.6. The molecule has 1 unspecified atom stereocenters. The SMILES string of the molecule is Cc1ccc(NCC2Cc3ccccc3O2)c(C#N)c1. The molecular formula is C17H16N2O. The van der Waals surface area contributed by atoms with Gasteiger partial charge in [0.1, 0.15) is 17.9 Å². The lowest BCUT2D eigenvalue weighted by Crippen LogP contribution is -2.24. The molecule has 1 N–H and O–H groups in total. The van der Waals surface area contributed by atoms with Gasteiger partial charge in [0.2, 0.25) is 0 Å².